The minimum absolute atomic E-state index is 0.207. The average Bonchev–Trinajstić information content (AvgIpc) is 2.98. The number of benzene rings is 1. The van der Waals surface area contributed by atoms with Gasteiger partial charge in [0.1, 0.15) is 18.1 Å². The fourth-order valence-corrected chi connectivity index (χ4v) is 2.23. The fourth-order valence-electron chi connectivity index (χ4n) is 2.23. The largest absolute Gasteiger partial charge is 0.473 e. The van der Waals surface area contributed by atoms with Crippen molar-refractivity contribution in [1.82, 2.24) is 15.0 Å². The molecule has 7 nitrogen and oxygen atoms in total. The van der Waals surface area contributed by atoms with E-state index >= 15 is 0 Å². The molecule has 1 aromatic carbocycles. The van der Waals surface area contributed by atoms with E-state index in [1.54, 1.807) is 23.7 Å². The quantitative estimate of drug-likeness (QED) is 0.438. The number of halogens is 1. The molecule has 0 saturated heterocycles. The molecule has 0 bridgehead atoms. The van der Waals surface area contributed by atoms with Gasteiger partial charge in [0, 0.05) is 13.0 Å². The summed E-state index contributed by atoms with van der Waals surface area (Å²) in [7, 11) is 0. The zero-order chi connectivity index (χ0) is 20.0. The monoisotopic (exact) mass is 372 g/mol. The number of hydrogen-bond donors (Lipinski definition) is 0. The SMILES string of the molecule is CC(=NC(C)C)/C(C)=N\N=C(\C)OCc1c(C)nnn1-c1ccc(F)cc1. The van der Waals surface area contributed by atoms with Crippen LogP contribution in [0.5, 0.6) is 0 Å². The first-order valence-electron chi connectivity index (χ1n) is 8.71. The maximum atomic E-state index is 13.1. The lowest BCUT2D eigenvalue weighted by molar-refractivity contribution is 0.279. The number of nitrogens with zero attached hydrogens (tertiary/aromatic N) is 6. The summed E-state index contributed by atoms with van der Waals surface area (Å²) < 4.78 is 20.4. The van der Waals surface area contributed by atoms with Crippen molar-refractivity contribution in [3.63, 3.8) is 0 Å². The molecule has 1 heterocycles. The van der Waals surface area contributed by atoms with Crippen molar-refractivity contribution in [2.45, 2.75) is 54.2 Å². The van der Waals surface area contributed by atoms with Gasteiger partial charge in [-0.2, -0.15) is 5.10 Å². The molecule has 0 unspecified atom stereocenters. The molecule has 0 spiro atoms. The summed E-state index contributed by atoms with van der Waals surface area (Å²) in [5, 5.41) is 16.4. The Labute approximate surface area is 158 Å². The normalized spacial score (nSPS) is 13.4. The van der Waals surface area contributed by atoms with Crippen LogP contribution in [0.2, 0.25) is 0 Å². The molecule has 27 heavy (non-hydrogen) atoms. The highest BCUT2D eigenvalue weighted by Gasteiger charge is 2.12. The summed E-state index contributed by atoms with van der Waals surface area (Å²) in [5.41, 5.74) is 3.78. The van der Waals surface area contributed by atoms with Crippen molar-refractivity contribution in [3.05, 3.63) is 41.5 Å². The second-order valence-corrected chi connectivity index (χ2v) is 6.41. The smallest absolute Gasteiger partial charge is 0.205 e. The minimum atomic E-state index is -0.305. The van der Waals surface area contributed by atoms with Gasteiger partial charge in [0.15, 0.2) is 0 Å². The second kappa shape index (κ2) is 9.16. The van der Waals surface area contributed by atoms with Crippen LogP contribution in [0.1, 0.15) is 46.0 Å². The number of hydrogen-bond acceptors (Lipinski definition) is 6. The van der Waals surface area contributed by atoms with E-state index in [-0.39, 0.29) is 18.5 Å². The van der Waals surface area contributed by atoms with Gasteiger partial charge in [-0.3, -0.25) is 4.99 Å². The van der Waals surface area contributed by atoms with E-state index in [4.69, 9.17) is 4.74 Å². The van der Waals surface area contributed by atoms with Crippen molar-refractivity contribution >= 4 is 17.3 Å². The van der Waals surface area contributed by atoms with Gasteiger partial charge in [0.2, 0.25) is 5.90 Å². The lowest BCUT2D eigenvalue weighted by Gasteiger charge is -2.08. The molecule has 0 aliphatic heterocycles. The molecule has 0 radical (unpaired) electrons. The van der Waals surface area contributed by atoms with Crippen LogP contribution in [0.3, 0.4) is 0 Å². The first-order valence-corrected chi connectivity index (χ1v) is 8.71. The summed E-state index contributed by atoms with van der Waals surface area (Å²) in [6.07, 6.45) is 0. The van der Waals surface area contributed by atoms with E-state index in [9.17, 15) is 4.39 Å². The molecule has 0 atom stereocenters. The summed E-state index contributed by atoms with van der Waals surface area (Å²) >= 11 is 0. The van der Waals surface area contributed by atoms with Gasteiger partial charge in [0.05, 0.1) is 22.8 Å². The summed E-state index contributed by atoms with van der Waals surface area (Å²) in [4.78, 5) is 4.43. The zero-order valence-electron chi connectivity index (χ0n) is 16.6. The minimum Gasteiger partial charge on any atom is -0.473 e. The summed E-state index contributed by atoms with van der Waals surface area (Å²) in [6, 6.07) is 6.24. The summed E-state index contributed by atoms with van der Waals surface area (Å²) in [6.45, 7) is 11.6. The van der Waals surface area contributed by atoms with Crippen molar-refractivity contribution in [2.24, 2.45) is 15.2 Å². The van der Waals surface area contributed by atoms with Crippen LogP contribution in [0, 0.1) is 12.7 Å². The second-order valence-electron chi connectivity index (χ2n) is 6.41. The molecule has 1 aromatic heterocycles. The number of aromatic nitrogens is 3. The number of rotatable bonds is 6. The molecule has 0 N–H and O–H groups in total. The van der Waals surface area contributed by atoms with Crippen LogP contribution in [0.25, 0.3) is 5.69 Å². The molecule has 8 heteroatoms. The van der Waals surface area contributed by atoms with Gasteiger partial charge in [-0.15, -0.1) is 10.2 Å². The lowest BCUT2D eigenvalue weighted by atomic mass is 10.3. The van der Waals surface area contributed by atoms with Gasteiger partial charge in [0.25, 0.3) is 0 Å². The molecule has 2 aromatic rings. The number of ether oxygens (including phenoxy) is 1. The molecular weight excluding hydrogens is 347 g/mol. The predicted molar refractivity (Wildman–Crippen MR) is 105 cm³/mol. The molecule has 2 rings (SSSR count). The van der Waals surface area contributed by atoms with Crippen molar-refractivity contribution in [1.29, 1.82) is 0 Å². The van der Waals surface area contributed by atoms with E-state index in [1.165, 1.54) is 12.1 Å². The Hall–Kier alpha value is -2.90. The Morgan fingerprint density at radius 2 is 1.78 bits per heavy atom. The zero-order valence-corrected chi connectivity index (χ0v) is 16.6. The Balaban J connectivity index is 2.10. The van der Waals surface area contributed by atoms with Crippen LogP contribution in [-0.4, -0.2) is 38.4 Å². The maximum absolute atomic E-state index is 13.1. The van der Waals surface area contributed by atoms with E-state index < -0.39 is 0 Å². The molecule has 144 valence electrons. The Kier molecular flexibility index (Phi) is 6.92. The predicted octanol–water partition coefficient (Wildman–Crippen LogP) is 3.90. The standard InChI is InChI=1S/C19H25FN6O/c1-12(2)21-13(3)14(4)22-24-16(6)27-11-19-15(5)23-25-26(19)18-9-7-17(20)8-10-18/h7-10,12H,11H2,1-6H3/b21-13?,22-14-,24-16-. The van der Waals surface area contributed by atoms with Crippen LogP contribution in [-0.2, 0) is 11.3 Å². The summed E-state index contributed by atoms with van der Waals surface area (Å²) in [5.74, 6) is 0.110. The topological polar surface area (TPSA) is 77.0 Å². The van der Waals surface area contributed by atoms with Crippen LogP contribution >= 0.6 is 0 Å². The highest BCUT2D eigenvalue weighted by Crippen LogP contribution is 2.14. The van der Waals surface area contributed by atoms with E-state index in [2.05, 4.69) is 25.5 Å². The van der Waals surface area contributed by atoms with Crippen LogP contribution < -0.4 is 0 Å². The van der Waals surface area contributed by atoms with Gasteiger partial charge in [-0.25, -0.2) is 9.07 Å². The van der Waals surface area contributed by atoms with Gasteiger partial charge >= 0.3 is 0 Å². The lowest BCUT2D eigenvalue weighted by Crippen LogP contribution is -2.10. The first kappa shape index (κ1) is 20.4. The fraction of sp³-hybridized carbons (Fsp3) is 0.421. The van der Waals surface area contributed by atoms with Crippen molar-refractivity contribution < 1.29 is 9.13 Å². The number of aryl methyl sites for hydroxylation is 1. The molecule has 0 aliphatic rings. The van der Waals surface area contributed by atoms with E-state index in [0.717, 1.165) is 22.8 Å². The molecule has 0 fully saturated rings. The van der Waals surface area contributed by atoms with Crippen molar-refractivity contribution in [3.8, 4) is 5.69 Å². The Morgan fingerprint density at radius 1 is 1.11 bits per heavy atom. The molecule has 0 saturated carbocycles. The van der Waals surface area contributed by atoms with Crippen LogP contribution in [0.4, 0.5) is 4.39 Å². The van der Waals surface area contributed by atoms with E-state index in [1.807, 2.05) is 34.6 Å². The average molecular weight is 372 g/mol. The third-order valence-corrected chi connectivity index (χ3v) is 3.76. The third kappa shape index (κ3) is 5.80. The molecular formula is C19H25FN6O. The number of aliphatic imine (C=N–C) groups is 1. The Bertz CT molecular complexity index is 865. The maximum Gasteiger partial charge on any atom is 0.205 e. The highest BCUT2D eigenvalue weighted by molar-refractivity contribution is 6.40. The highest BCUT2D eigenvalue weighted by atomic mass is 19.1. The van der Waals surface area contributed by atoms with Gasteiger partial charge in [-0.1, -0.05) is 5.21 Å². The first-order chi connectivity index (χ1) is 12.8. The third-order valence-electron chi connectivity index (χ3n) is 3.76. The van der Waals surface area contributed by atoms with Crippen LogP contribution in [0.15, 0.2) is 39.5 Å². The van der Waals surface area contributed by atoms with Gasteiger partial charge < -0.3 is 4.74 Å². The molecule has 0 aliphatic carbocycles. The van der Waals surface area contributed by atoms with Gasteiger partial charge in [-0.05, 0) is 58.9 Å². The Morgan fingerprint density at radius 3 is 2.41 bits per heavy atom. The van der Waals surface area contributed by atoms with Crippen molar-refractivity contribution in [2.75, 3.05) is 0 Å². The molecule has 0 amide bonds. The van der Waals surface area contributed by atoms with E-state index in [0.29, 0.717) is 11.6 Å².